The number of nitrogens with zero attached hydrogens (tertiary/aromatic N) is 1. The number of Topliss-reactive ketones (excluding diaryl/α,β-unsaturated/α-hetero) is 1. The number of ether oxygens (including phenoxy) is 3. The number of ketones is 1. The number of quaternary nitrogens is 1. The lowest BCUT2D eigenvalue weighted by Crippen LogP contribution is -3.05. The third-order valence-corrected chi connectivity index (χ3v) is 6.22. The molecule has 0 aromatic heterocycles. The lowest BCUT2D eigenvalue weighted by Gasteiger charge is -2.29. The van der Waals surface area contributed by atoms with Crippen LogP contribution in [0.25, 0.3) is 5.76 Å². The minimum Gasteiger partial charge on any atom is -0.872 e. The molecule has 1 fully saturated rings. The van der Waals surface area contributed by atoms with Gasteiger partial charge in [0.15, 0.2) is 11.5 Å². The molecule has 0 radical (unpaired) electrons. The van der Waals surface area contributed by atoms with E-state index in [0.717, 1.165) is 19.4 Å². The quantitative estimate of drug-likeness (QED) is 0.208. The van der Waals surface area contributed by atoms with E-state index in [4.69, 9.17) is 14.2 Å². The molecule has 0 bridgehead atoms. The van der Waals surface area contributed by atoms with Crippen LogP contribution in [-0.2, 0) is 9.59 Å². The predicted molar refractivity (Wildman–Crippen MR) is 135 cm³/mol. The number of nitrogens with one attached hydrogen (secondary N) is 1. The van der Waals surface area contributed by atoms with E-state index in [0.29, 0.717) is 47.9 Å². The van der Waals surface area contributed by atoms with Gasteiger partial charge in [-0.05, 0) is 30.2 Å². The number of para-hydroxylation sites is 1. The zero-order valence-electron chi connectivity index (χ0n) is 21.8. The molecule has 0 aliphatic carbocycles. The number of unbranched alkanes of at least 4 members (excludes halogenated alkanes) is 1. The fourth-order valence-corrected chi connectivity index (χ4v) is 4.35. The number of benzene rings is 2. The van der Waals surface area contributed by atoms with Crippen LogP contribution < -0.4 is 24.2 Å². The lowest BCUT2D eigenvalue weighted by molar-refractivity contribution is -0.858. The van der Waals surface area contributed by atoms with Gasteiger partial charge in [0.25, 0.3) is 5.91 Å². The second kappa shape index (κ2) is 12.4. The molecule has 2 aromatic carbocycles. The van der Waals surface area contributed by atoms with Crippen molar-refractivity contribution in [1.82, 2.24) is 4.90 Å². The van der Waals surface area contributed by atoms with E-state index in [1.165, 1.54) is 24.0 Å². The topological polar surface area (TPSA) is 92.6 Å². The van der Waals surface area contributed by atoms with E-state index in [2.05, 4.69) is 6.92 Å². The summed E-state index contributed by atoms with van der Waals surface area (Å²) in [6.07, 6.45) is 2.63. The Bertz CT molecular complexity index is 1090. The molecule has 8 heteroatoms. The maximum absolute atomic E-state index is 13.7. The van der Waals surface area contributed by atoms with E-state index >= 15 is 0 Å². The van der Waals surface area contributed by atoms with Crippen LogP contribution >= 0.6 is 0 Å². The number of likely N-dealkylation sites (tertiary alicyclic amines) is 1. The van der Waals surface area contributed by atoms with Gasteiger partial charge in [-0.3, -0.25) is 9.59 Å². The number of methoxy groups -OCH3 is 2. The predicted octanol–water partition coefficient (Wildman–Crippen LogP) is 1.64. The second-order valence-electron chi connectivity index (χ2n) is 9.09. The van der Waals surface area contributed by atoms with Gasteiger partial charge in [-0.15, -0.1) is 0 Å². The normalized spacial score (nSPS) is 17.1. The standard InChI is InChI=1S/C28H36N2O6/c1-6-7-18-36-20-14-12-19(13-15-20)25(31)23-24(21-10-8-11-22(34-4)27(21)35-5)30(28(33)26(23)32)17-9-16-29(2)3/h8,10-15,24,31H,6-7,9,16-18H2,1-5H3. The molecule has 0 spiro atoms. The van der Waals surface area contributed by atoms with Crippen molar-refractivity contribution < 1.29 is 33.8 Å². The molecule has 1 amide bonds. The highest BCUT2D eigenvalue weighted by molar-refractivity contribution is 6.46. The highest BCUT2D eigenvalue weighted by Gasteiger charge is 2.45. The van der Waals surface area contributed by atoms with Gasteiger partial charge in [0.2, 0.25) is 5.78 Å². The number of hydrogen-bond acceptors (Lipinski definition) is 6. The van der Waals surface area contributed by atoms with E-state index in [1.807, 2.05) is 14.1 Å². The number of rotatable bonds is 12. The van der Waals surface area contributed by atoms with Crippen LogP contribution in [0.5, 0.6) is 17.2 Å². The van der Waals surface area contributed by atoms with Gasteiger partial charge in [-0.2, -0.15) is 0 Å². The molecule has 1 N–H and O–H groups in total. The Morgan fingerprint density at radius 1 is 1.03 bits per heavy atom. The Morgan fingerprint density at radius 2 is 1.75 bits per heavy atom. The van der Waals surface area contributed by atoms with Crippen LogP contribution in [0.4, 0.5) is 0 Å². The lowest BCUT2D eigenvalue weighted by atomic mass is 9.94. The summed E-state index contributed by atoms with van der Waals surface area (Å²) in [7, 11) is 7.06. The van der Waals surface area contributed by atoms with Gasteiger partial charge in [0, 0.05) is 24.1 Å². The van der Waals surface area contributed by atoms with Gasteiger partial charge in [-0.1, -0.05) is 43.4 Å². The van der Waals surface area contributed by atoms with Crippen LogP contribution in [0.1, 0.15) is 43.4 Å². The molecule has 1 saturated heterocycles. The van der Waals surface area contributed by atoms with Gasteiger partial charge >= 0.3 is 0 Å². The first kappa shape index (κ1) is 27.1. The van der Waals surface area contributed by atoms with Crippen LogP contribution in [0.3, 0.4) is 0 Å². The molecule has 1 heterocycles. The van der Waals surface area contributed by atoms with Gasteiger partial charge in [-0.25, -0.2) is 0 Å². The van der Waals surface area contributed by atoms with Crippen molar-refractivity contribution in [2.24, 2.45) is 0 Å². The first-order valence-electron chi connectivity index (χ1n) is 12.3. The molecule has 1 aliphatic heterocycles. The Kier molecular flexibility index (Phi) is 9.36. The van der Waals surface area contributed by atoms with E-state index in [-0.39, 0.29) is 5.57 Å². The minimum absolute atomic E-state index is 0.0802. The molecule has 2 aromatic rings. The summed E-state index contributed by atoms with van der Waals surface area (Å²) in [5, 5.41) is 13.7. The van der Waals surface area contributed by atoms with Crippen LogP contribution in [-0.4, -0.2) is 64.6 Å². The molecule has 194 valence electrons. The molecule has 1 unspecified atom stereocenters. The van der Waals surface area contributed by atoms with Crippen LogP contribution in [0.15, 0.2) is 48.0 Å². The molecule has 0 saturated carbocycles. The van der Waals surface area contributed by atoms with E-state index in [1.54, 1.807) is 42.5 Å². The minimum atomic E-state index is -0.875. The zero-order chi connectivity index (χ0) is 26.2. The Morgan fingerprint density at radius 3 is 2.36 bits per heavy atom. The number of amides is 1. The van der Waals surface area contributed by atoms with Crippen LogP contribution in [0.2, 0.25) is 0 Å². The average molecular weight is 497 g/mol. The number of carbonyl (C=O) groups is 2. The van der Waals surface area contributed by atoms with Gasteiger partial charge in [0.1, 0.15) is 5.75 Å². The van der Waals surface area contributed by atoms with Crippen LogP contribution in [0, 0.1) is 0 Å². The fourth-order valence-electron chi connectivity index (χ4n) is 4.35. The molecular formula is C28H36N2O6. The van der Waals surface area contributed by atoms with Crippen molar-refractivity contribution in [3.63, 3.8) is 0 Å². The van der Waals surface area contributed by atoms with Crippen molar-refractivity contribution >= 4 is 17.4 Å². The Hall–Kier alpha value is -3.52. The third kappa shape index (κ3) is 5.82. The summed E-state index contributed by atoms with van der Waals surface area (Å²) < 4.78 is 16.8. The molecule has 3 rings (SSSR count). The Balaban J connectivity index is 2.08. The smallest absolute Gasteiger partial charge is 0.295 e. The fraction of sp³-hybridized carbons (Fsp3) is 0.429. The van der Waals surface area contributed by atoms with Crippen molar-refractivity contribution in [2.45, 2.75) is 32.2 Å². The van der Waals surface area contributed by atoms with Crippen molar-refractivity contribution in [3.8, 4) is 17.2 Å². The molecule has 8 nitrogen and oxygen atoms in total. The Labute approximate surface area is 213 Å². The summed E-state index contributed by atoms with van der Waals surface area (Å²) >= 11 is 0. The number of hydrogen-bond donors (Lipinski definition) is 1. The zero-order valence-corrected chi connectivity index (χ0v) is 21.8. The molecule has 36 heavy (non-hydrogen) atoms. The van der Waals surface area contributed by atoms with E-state index < -0.39 is 23.5 Å². The highest BCUT2D eigenvalue weighted by atomic mass is 16.5. The summed E-state index contributed by atoms with van der Waals surface area (Å²) in [5.74, 6) is -0.445. The monoisotopic (exact) mass is 496 g/mol. The first-order valence-corrected chi connectivity index (χ1v) is 12.3. The summed E-state index contributed by atoms with van der Waals surface area (Å²) in [4.78, 5) is 29.1. The third-order valence-electron chi connectivity index (χ3n) is 6.22. The summed E-state index contributed by atoms with van der Waals surface area (Å²) in [6, 6.07) is 11.1. The maximum Gasteiger partial charge on any atom is 0.295 e. The van der Waals surface area contributed by atoms with Gasteiger partial charge in [0.05, 0.1) is 47.5 Å². The maximum atomic E-state index is 13.7. The summed E-state index contributed by atoms with van der Waals surface area (Å²) in [6.45, 7) is 3.82. The van der Waals surface area contributed by atoms with Crippen molar-refractivity contribution in [2.75, 3.05) is 48.0 Å². The SMILES string of the molecule is CCCCOc1ccc(C([O-])=C2C(=O)C(=O)N(CCC[NH+](C)C)C2c2cccc(OC)c2OC)cc1. The molecule has 1 atom stereocenters. The van der Waals surface area contributed by atoms with Crippen molar-refractivity contribution in [3.05, 3.63) is 59.2 Å². The number of carbonyl (C=O) groups excluding carboxylic acids is 2. The largest absolute Gasteiger partial charge is 0.872 e. The first-order chi connectivity index (χ1) is 17.3. The highest BCUT2D eigenvalue weighted by Crippen LogP contribution is 2.45. The molecular weight excluding hydrogens is 460 g/mol. The molecule has 1 aliphatic rings. The van der Waals surface area contributed by atoms with Crippen molar-refractivity contribution in [1.29, 1.82) is 0 Å². The average Bonchev–Trinajstić information content (AvgIpc) is 3.13. The second-order valence-corrected chi connectivity index (χ2v) is 9.09. The summed E-state index contributed by atoms with van der Waals surface area (Å²) in [5.41, 5.74) is 0.778. The van der Waals surface area contributed by atoms with E-state index in [9.17, 15) is 14.7 Å². The van der Waals surface area contributed by atoms with Gasteiger partial charge < -0.3 is 29.1 Å².